The van der Waals surface area contributed by atoms with Gasteiger partial charge in [0.2, 0.25) is 0 Å². The molecule has 1 aliphatic heterocycles. The summed E-state index contributed by atoms with van der Waals surface area (Å²) in [5.41, 5.74) is 1.79. The average molecular weight is 460 g/mol. The normalized spacial score (nSPS) is 16.2. The number of anilines is 1. The van der Waals surface area contributed by atoms with Crippen LogP contribution in [-0.4, -0.2) is 23.9 Å². The van der Waals surface area contributed by atoms with Crippen LogP contribution >= 0.6 is 0 Å². The lowest BCUT2D eigenvalue weighted by Crippen LogP contribution is -2.19. The van der Waals surface area contributed by atoms with E-state index in [1.54, 1.807) is 48.5 Å². The molecule has 0 aromatic heterocycles. The van der Waals surface area contributed by atoms with Crippen molar-refractivity contribution in [3.05, 3.63) is 83.9 Å². The molecule has 0 spiro atoms. The Labute approximate surface area is 181 Å². The molecule has 0 radical (unpaired) electrons. The smallest absolute Gasteiger partial charge is 0.297 e. The van der Waals surface area contributed by atoms with E-state index in [9.17, 15) is 16.8 Å². The Morgan fingerprint density at radius 2 is 1.65 bits per heavy atom. The van der Waals surface area contributed by atoms with Gasteiger partial charge in [-0.05, 0) is 42.7 Å². The van der Waals surface area contributed by atoms with Gasteiger partial charge in [0.25, 0.3) is 20.1 Å². The van der Waals surface area contributed by atoms with Crippen LogP contribution in [0.4, 0.5) is 5.69 Å². The maximum atomic E-state index is 12.6. The van der Waals surface area contributed by atoms with Crippen molar-refractivity contribution in [2.75, 3.05) is 11.8 Å². The maximum Gasteiger partial charge on any atom is 0.297 e. The number of aryl methyl sites for hydroxylation is 1. The van der Waals surface area contributed by atoms with Gasteiger partial charge in [0.1, 0.15) is 16.7 Å². The molecule has 0 fully saturated rings. The minimum Gasteiger partial charge on any atom is -0.485 e. The van der Waals surface area contributed by atoms with Gasteiger partial charge in [-0.15, -0.1) is 0 Å². The first-order chi connectivity index (χ1) is 14.8. The fourth-order valence-electron chi connectivity index (χ4n) is 3.53. The molecule has 0 bridgehead atoms. The monoisotopic (exact) mass is 459 g/mol. The Kier molecular flexibility index (Phi) is 5.74. The Bertz CT molecular complexity index is 1300. The predicted octanol–water partition coefficient (Wildman–Crippen LogP) is 3.89. The molecule has 1 unspecified atom stereocenters. The lowest BCUT2D eigenvalue weighted by Gasteiger charge is -2.28. The quantitative estimate of drug-likeness (QED) is 0.562. The summed E-state index contributed by atoms with van der Waals surface area (Å²) in [6, 6.07) is 19.8. The Hall–Kier alpha value is -2.88. The van der Waals surface area contributed by atoms with Crippen LogP contribution in [0.5, 0.6) is 5.75 Å². The third-order valence-corrected chi connectivity index (χ3v) is 7.82. The molecule has 3 aromatic rings. The van der Waals surface area contributed by atoms with Crippen LogP contribution in [0.2, 0.25) is 0 Å². The van der Waals surface area contributed by atoms with Crippen molar-refractivity contribution in [1.29, 1.82) is 0 Å². The molecule has 1 atom stereocenters. The van der Waals surface area contributed by atoms with Crippen LogP contribution in [0, 0.1) is 0 Å². The topological polar surface area (TPSA) is 98.8 Å². The predicted molar refractivity (Wildman–Crippen MR) is 116 cm³/mol. The van der Waals surface area contributed by atoms with E-state index in [1.807, 2.05) is 6.07 Å². The van der Waals surface area contributed by atoms with Gasteiger partial charge in [-0.3, -0.25) is 8.91 Å². The van der Waals surface area contributed by atoms with Crippen molar-refractivity contribution in [2.24, 2.45) is 0 Å². The largest absolute Gasteiger partial charge is 0.485 e. The molecule has 31 heavy (non-hydrogen) atoms. The van der Waals surface area contributed by atoms with Crippen molar-refractivity contribution < 1.29 is 25.8 Å². The number of sulfonamides is 1. The molecular formula is C22H21NO6S2. The summed E-state index contributed by atoms with van der Waals surface area (Å²) in [6.45, 7) is 0. The zero-order chi connectivity index (χ0) is 22.1. The minimum atomic E-state index is -3.89. The van der Waals surface area contributed by atoms with Crippen molar-refractivity contribution in [2.45, 2.75) is 28.7 Å². The number of ether oxygens (including phenoxy) is 1. The summed E-state index contributed by atoms with van der Waals surface area (Å²) >= 11 is 0. The zero-order valence-corrected chi connectivity index (χ0v) is 18.3. The van der Waals surface area contributed by atoms with E-state index < -0.39 is 26.2 Å². The molecule has 162 valence electrons. The standard InChI is InChI=1S/C22H21NO6S2/c1-28-31(26,27)22-10-6-5-9-19(22)20-14-12-16-11-13-17(15-21(16)29-20)23-30(24,25)18-7-3-2-4-8-18/h2-11,13,15,20,23H,12,14H2,1H3. The van der Waals surface area contributed by atoms with E-state index in [0.717, 1.165) is 12.7 Å². The van der Waals surface area contributed by atoms with E-state index in [2.05, 4.69) is 8.91 Å². The van der Waals surface area contributed by atoms with Crippen LogP contribution in [-0.2, 0) is 30.7 Å². The molecular weight excluding hydrogens is 438 g/mol. The van der Waals surface area contributed by atoms with Crippen molar-refractivity contribution in [3.63, 3.8) is 0 Å². The van der Waals surface area contributed by atoms with Crippen LogP contribution in [0.1, 0.15) is 23.7 Å². The van der Waals surface area contributed by atoms with E-state index >= 15 is 0 Å². The molecule has 1 aliphatic rings. The lowest BCUT2D eigenvalue weighted by molar-refractivity contribution is 0.173. The first-order valence-electron chi connectivity index (χ1n) is 9.57. The summed E-state index contributed by atoms with van der Waals surface area (Å²) in [6.07, 6.45) is 0.736. The van der Waals surface area contributed by atoms with Crippen LogP contribution < -0.4 is 9.46 Å². The highest BCUT2D eigenvalue weighted by Crippen LogP contribution is 2.38. The summed E-state index contributed by atoms with van der Waals surface area (Å²) in [7, 11) is -6.51. The molecule has 1 N–H and O–H groups in total. The second kappa shape index (κ2) is 8.33. The highest BCUT2D eigenvalue weighted by Gasteiger charge is 2.28. The number of fused-ring (bicyclic) bond motifs is 1. The Balaban J connectivity index is 1.63. The summed E-state index contributed by atoms with van der Waals surface area (Å²) in [5, 5.41) is 0. The molecule has 1 heterocycles. The zero-order valence-electron chi connectivity index (χ0n) is 16.7. The molecule has 0 amide bonds. The van der Waals surface area contributed by atoms with Crippen LogP contribution in [0.25, 0.3) is 0 Å². The van der Waals surface area contributed by atoms with Gasteiger partial charge in [0.15, 0.2) is 0 Å². The molecule has 3 aromatic carbocycles. The first kappa shape index (κ1) is 21.4. The van der Waals surface area contributed by atoms with Gasteiger partial charge in [0, 0.05) is 11.6 Å². The number of hydrogen-bond acceptors (Lipinski definition) is 6. The van der Waals surface area contributed by atoms with Gasteiger partial charge in [-0.25, -0.2) is 8.42 Å². The average Bonchev–Trinajstić information content (AvgIpc) is 2.79. The minimum absolute atomic E-state index is 0.0619. The van der Waals surface area contributed by atoms with E-state index in [0.29, 0.717) is 29.8 Å². The van der Waals surface area contributed by atoms with E-state index in [-0.39, 0.29) is 9.79 Å². The van der Waals surface area contributed by atoms with Gasteiger partial charge in [0.05, 0.1) is 17.7 Å². The maximum absolute atomic E-state index is 12.6. The second-order valence-electron chi connectivity index (χ2n) is 7.04. The molecule has 0 saturated heterocycles. The molecule has 9 heteroatoms. The second-order valence-corrected chi connectivity index (χ2v) is 10.4. The highest BCUT2D eigenvalue weighted by molar-refractivity contribution is 7.92. The van der Waals surface area contributed by atoms with E-state index in [1.165, 1.54) is 18.2 Å². The number of hydrogen-bond donors (Lipinski definition) is 1. The van der Waals surface area contributed by atoms with Gasteiger partial charge in [-0.2, -0.15) is 8.42 Å². The van der Waals surface area contributed by atoms with Gasteiger partial charge in [-0.1, -0.05) is 42.5 Å². The van der Waals surface area contributed by atoms with Gasteiger partial charge < -0.3 is 4.74 Å². The Morgan fingerprint density at radius 3 is 2.39 bits per heavy atom. The number of nitrogens with one attached hydrogen (secondary N) is 1. The summed E-state index contributed by atoms with van der Waals surface area (Å²) in [5.74, 6) is 0.508. The molecule has 0 aliphatic carbocycles. The third-order valence-electron chi connectivity index (χ3n) is 5.07. The van der Waals surface area contributed by atoms with Crippen molar-refractivity contribution in [1.82, 2.24) is 0 Å². The van der Waals surface area contributed by atoms with Gasteiger partial charge >= 0.3 is 0 Å². The molecule has 0 saturated carbocycles. The number of rotatable bonds is 6. The molecule has 7 nitrogen and oxygen atoms in total. The fraction of sp³-hybridized carbons (Fsp3) is 0.182. The highest BCUT2D eigenvalue weighted by atomic mass is 32.2. The SMILES string of the molecule is COS(=O)(=O)c1ccccc1C1CCc2ccc(NS(=O)(=O)c3ccccc3)cc2O1. The number of benzene rings is 3. The van der Waals surface area contributed by atoms with Crippen molar-refractivity contribution >= 4 is 25.8 Å². The van der Waals surface area contributed by atoms with Crippen LogP contribution in [0.15, 0.2) is 82.6 Å². The fourth-order valence-corrected chi connectivity index (χ4v) is 5.51. The lowest BCUT2D eigenvalue weighted by atomic mass is 9.97. The summed E-state index contributed by atoms with van der Waals surface area (Å²) in [4.78, 5) is 0.220. The molecule has 4 rings (SSSR count). The third kappa shape index (κ3) is 4.43. The van der Waals surface area contributed by atoms with Crippen molar-refractivity contribution in [3.8, 4) is 5.75 Å². The first-order valence-corrected chi connectivity index (χ1v) is 12.5. The summed E-state index contributed by atoms with van der Waals surface area (Å²) < 4.78 is 63.2. The van der Waals surface area contributed by atoms with Crippen LogP contribution in [0.3, 0.4) is 0 Å². The van der Waals surface area contributed by atoms with E-state index in [4.69, 9.17) is 4.74 Å². The Morgan fingerprint density at radius 1 is 0.935 bits per heavy atom.